The molecular weight excluding hydrogens is 202 g/mol. The average Bonchev–Trinajstić information content (AvgIpc) is 2.17. The number of aliphatic carboxylic acids is 2. The summed E-state index contributed by atoms with van der Waals surface area (Å²) in [6, 6.07) is 0. The van der Waals surface area contributed by atoms with Gasteiger partial charge in [-0.25, -0.2) is 9.79 Å². The molecule has 0 radical (unpaired) electrons. The molecule has 15 heavy (non-hydrogen) atoms. The highest BCUT2D eigenvalue weighted by Gasteiger charge is 2.00. The van der Waals surface area contributed by atoms with Gasteiger partial charge < -0.3 is 15.3 Å². The zero-order chi connectivity index (χ0) is 11.8. The fraction of sp³-hybridized carbons (Fsp3) is 0.222. The Morgan fingerprint density at radius 3 is 2.33 bits per heavy atom. The van der Waals surface area contributed by atoms with Crippen molar-refractivity contribution in [2.45, 2.75) is 6.42 Å². The molecule has 0 aliphatic heterocycles. The maximum atomic E-state index is 10.3. The van der Waals surface area contributed by atoms with Gasteiger partial charge >= 0.3 is 11.9 Å². The number of carbonyl (C=O) groups is 2. The van der Waals surface area contributed by atoms with Crippen LogP contribution in [0.25, 0.3) is 0 Å². The third-order valence-electron chi connectivity index (χ3n) is 1.35. The van der Waals surface area contributed by atoms with Crippen molar-refractivity contribution in [3.63, 3.8) is 0 Å². The molecule has 0 rings (SSSR count). The standard InChI is InChI=1S/C9H11NO5/c1-6(9(14)15)10-4-7(5-11)2-3-8(12)13/h2,4,11H,1,3,5H2,(H,12,13)(H,14,15)/b7-2+,10-4-. The van der Waals surface area contributed by atoms with Crippen molar-refractivity contribution in [2.75, 3.05) is 6.61 Å². The summed E-state index contributed by atoms with van der Waals surface area (Å²) >= 11 is 0. The predicted octanol–water partition coefficient (Wildman–Crippen LogP) is 0.0489. The van der Waals surface area contributed by atoms with E-state index in [1.807, 2.05) is 0 Å². The van der Waals surface area contributed by atoms with Gasteiger partial charge in [0, 0.05) is 6.21 Å². The van der Waals surface area contributed by atoms with Gasteiger partial charge in [-0.05, 0) is 5.57 Å². The summed E-state index contributed by atoms with van der Waals surface area (Å²) in [5.74, 6) is -2.33. The highest BCUT2D eigenvalue weighted by Crippen LogP contribution is 1.97. The molecule has 0 aliphatic carbocycles. The number of rotatable bonds is 6. The molecule has 0 fully saturated rings. The van der Waals surface area contributed by atoms with E-state index in [1.165, 1.54) is 6.08 Å². The molecule has 0 saturated carbocycles. The van der Waals surface area contributed by atoms with Crippen molar-refractivity contribution in [2.24, 2.45) is 4.99 Å². The van der Waals surface area contributed by atoms with E-state index in [9.17, 15) is 9.59 Å². The summed E-state index contributed by atoms with van der Waals surface area (Å²) in [6.45, 7) is 2.72. The van der Waals surface area contributed by atoms with E-state index in [-0.39, 0.29) is 17.7 Å². The lowest BCUT2D eigenvalue weighted by Gasteiger charge is -1.95. The molecule has 0 heterocycles. The van der Waals surface area contributed by atoms with E-state index in [2.05, 4.69) is 11.6 Å². The third kappa shape index (κ3) is 6.17. The van der Waals surface area contributed by atoms with Crippen LogP contribution in [0.3, 0.4) is 0 Å². The molecule has 0 spiro atoms. The van der Waals surface area contributed by atoms with Crippen LogP contribution in [0.2, 0.25) is 0 Å². The van der Waals surface area contributed by atoms with Gasteiger partial charge in [0.1, 0.15) is 5.70 Å². The first-order valence-corrected chi connectivity index (χ1v) is 3.95. The lowest BCUT2D eigenvalue weighted by molar-refractivity contribution is -0.136. The van der Waals surface area contributed by atoms with E-state index in [0.29, 0.717) is 0 Å². The molecule has 0 atom stereocenters. The fourth-order valence-corrected chi connectivity index (χ4v) is 0.593. The largest absolute Gasteiger partial charge is 0.481 e. The monoisotopic (exact) mass is 213 g/mol. The van der Waals surface area contributed by atoms with E-state index in [0.717, 1.165) is 6.21 Å². The van der Waals surface area contributed by atoms with Gasteiger partial charge in [0.05, 0.1) is 13.0 Å². The Morgan fingerprint density at radius 1 is 1.33 bits per heavy atom. The number of aliphatic hydroxyl groups is 1. The molecule has 3 N–H and O–H groups in total. The van der Waals surface area contributed by atoms with Crippen LogP contribution in [0, 0.1) is 0 Å². The average molecular weight is 213 g/mol. The first-order valence-electron chi connectivity index (χ1n) is 3.95. The Balaban J connectivity index is 4.45. The smallest absolute Gasteiger partial charge is 0.353 e. The van der Waals surface area contributed by atoms with Crippen molar-refractivity contribution in [3.05, 3.63) is 23.9 Å². The van der Waals surface area contributed by atoms with Gasteiger partial charge in [0.15, 0.2) is 0 Å². The first-order chi connectivity index (χ1) is 6.97. The normalized spacial score (nSPS) is 11.7. The van der Waals surface area contributed by atoms with Crippen LogP contribution in [-0.2, 0) is 9.59 Å². The maximum Gasteiger partial charge on any atom is 0.353 e. The number of aliphatic imine (C=N–C) groups is 1. The Morgan fingerprint density at radius 2 is 1.93 bits per heavy atom. The second kappa shape index (κ2) is 6.50. The van der Waals surface area contributed by atoms with Crippen LogP contribution in [-0.4, -0.2) is 40.1 Å². The minimum absolute atomic E-state index is 0.222. The van der Waals surface area contributed by atoms with Crippen molar-refractivity contribution >= 4 is 18.2 Å². The molecule has 0 aromatic rings. The van der Waals surface area contributed by atoms with E-state index >= 15 is 0 Å². The number of nitrogens with zero attached hydrogens (tertiary/aromatic N) is 1. The minimum Gasteiger partial charge on any atom is -0.481 e. The SMILES string of the molecule is C=C(/N=C\C(=C/CC(=O)O)CO)C(=O)O. The third-order valence-corrected chi connectivity index (χ3v) is 1.35. The zero-order valence-electron chi connectivity index (χ0n) is 7.88. The van der Waals surface area contributed by atoms with E-state index < -0.39 is 18.5 Å². The lowest BCUT2D eigenvalue weighted by Crippen LogP contribution is -2.00. The minimum atomic E-state index is -1.28. The molecule has 0 aromatic heterocycles. The van der Waals surface area contributed by atoms with Crippen LogP contribution < -0.4 is 0 Å². The Kier molecular flexibility index (Phi) is 5.65. The van der Waals surface area contributed by atoms with Crippen molar-refractivity contribution < 1.29 is 24.9 Å². The molecule has 0 saturated heterocycles. The van der Waals surface area contributed by atoms with Crippen molar-refractivity contribution in [1.82, 2.24) is 0 Å². The van der Waals surface area contributed by atoms with Crippen LogP contribution >= 0.6 is 0 Å². The van der Waals surface area contributed by atoms with Crippen molar-refractivity contribution in [3.8, 4) is 0 Å². The second-order valence-corrected chi connectivity index (χ2v) is 2.55. The highest BCUT2D eigenvalue weighted by atomic mass is 16.4. The molecule has 6 heteroatoms. The molecule has 0 bridgehead atoms. The van der Waals surface area contributed by atoms with Gasteiger partial charge in [-0.1, -0.05) is 12.7 Å². The van der Waals surface area contributed by atoms with Gasteiger partial charge in [0.25, 0.3) is 0 Å². The molecule has 0 amide bonds. The Bertz CT molecular complexity index is 329. The molecule has 0 aromatic carbocycles. The topological polar surface area (TPSA) is 107 Å². The fourth-order valence-electron chi connectivity index (χ4n) is 0.593. The number of carboxylic acids is 2. The summed E-state index contributed by atoms with van der Waals surface area (Å²) in [4.78, 5) is 23.9. The summed E-state index contributed by atoms with van der Waals surface area (Å²) in [7, 11) is 0. The summed E-state index contributed by atoms with van der Waals surface area (Å²) in [5.41, 5.74) is -0.163. The zero-order valence-corrected chi connectivity index (χ0v) is 7.88. The second-order valence-electron chi connectivity index (χ2n) is 2.55. The number of carboxylic acid groups (broad SMARTS) is 2. The van der Waals surface area contributed by atoms with Crippen LogP contribution in [0.1, 0.15) is 6.42 Å². The van der Waals surface area contributed by atoms with Crippen LogP contribution in [0.5, 0.6) is 0 Å². The summed E-state index contributed by atoms with van der Waals surface area (Å²) in [5, 5.41) is 25.5. The summed E-state index contributed by atoms with van der Waals surface area (Å²) in [6.07, 6.45) is 2.04. The van der Waals surface area contributed by atoms with Gasteiger partial charge in [0.2, 0.25) is 0 Å². The molecular formula is C9H11NO5. The number of hydrogen-bond donors (Lipinski definition) is 3. The highest BCUT2D eigenvalue weighted by molar-refractivity contribution is 5.90. The molecule has 82 valence electrons. The van der Waals surface area contributed by atoms with Crippen molar-refractivity contribution in [1.29, 1.82) is 0 Å². The Hall–Kier alpha value is -1.95. The van der Waals surface area contributed by atoms with Gasteiger partial charge in [-0.15, -0.1) is 0 Å². The maximum absolute atomic E-state index is 10.3. The number of aliphatic hydroxyl groups excluding tert-OH is 1. The first kappa shape index (κ1) is 13.1. The van der Waals surface area contributed by atoms with Gasteiger partial charge in [-0.3, -0.25) is 4.79 Å². The molecule has 0 aliphatic rings. The summed E-state index contributed by atoms with van der Waals surface area (Å²) < 4.78 is 0. The van der Waals surface area contributed by atoms with E-state index in [4.69, 9.17) is 15.3 Å². The molecule has 6 nitrogen and oxygen atoms in total. The quantitative estimate of drug-likeness (QED) is 0.426. The predicted molar refractivity (Wildman–Crippen MR) is 52.7 cm³/mol. The molecule has 0 unspecified atom stereocenters. The Labute approximate surface area is 85.9 Å². The van der Waals surface area contributed by atoms with E-state index in [1.54, 1.807) is 0 Å². The van der Waals surface area contributed by atoms with Crippen LogP contribution in [0.15, 0.2) is 28.9 Å². The number of hydrogen-bond acceptors (Lipinski definition) is 4. The lowest BCUT2D eigenvalue weighted by atomic mass is 10.2. The van der Waals surface area contributed by atoms with Gasteiger partial charge in [-0.2, -0.15) is 0 Å². The van der Waals surface area contributed by atoms with Crippen LogP contribution in [0.4, 0.5) is 0 Å².